The molecule has 2 heteroatoms. The molecule has 2 nitrogen and oxygen atoms in total. The Labute approximate surface area is 111 Å². The number of benzene rings is 1. The third-order valence-electron chi connectivity index (χ3n) is 3.84. The summed E-state index contributed by atoms with van der Waals surface area (Å²) in [5, 5.41) is 12.4. The molecule has 0 saturated heterocycles. The molecule has 0 saturated carbocycles. The van der Waals surface area contributed by atoms with Crippen molar-refractivity contribution in [2.24, 2.45) is 5.92 Å². The van der Waals surface area contributed by atoms with Crippen LogP contribution in [0.3, 0.4) is 0 Å². The van der Waals surface area contributed by atoms with Gasteiger partial charge in [0.05, 0.1) is 11.6 Å². The van der Waals surface area contributed by atoms with Gasteiger partial charge in [0.1, 0.15) is 0 Å². The molecule has 0 spiro atoms. The maximum absolute atomic E-state index is 8.84. The lowest BCUT2D eigenvalue weighted by atomic mass is 9.95. The lowest BCUT2D eigenvalue weighted by molar-refractivity contribution is 0.353. The Kier molecular flexibility index (Phi) is 5.88. The summed E-state index contributed by atoms with van der Waals surface area (Å²) in [5.41, 5.74) is 3.22. The summed E-state index contributed by atoms with van der Waals surface area (Å²) in [4.78, 5) is 0. The SMILES string of the molecule is CCC(CC)C(C)NCc1ccc(C#N)cc1C. The van der Waals surface area contributed by atoms with Gasteiger partial charge in [-0.2, -0.15) is 5.26 Å². The molecule has 1 aromatic carbocycles. The molecule has 0 radical (unpaired) electrons. The standard InChI is InChI=1S/C16H24N2/c1-5-15(6-2)13(4)18-11-16-8-7-14(10-17)9-12(16)3/h7-9,13,15,18H,5-6,11H2,1-4H3. The van der Waals surface area contributed by atoms with Gasteiger partial charge in [-0.15, -0.1) is 0 Å². The number of nitrogens with one attached hydrogen (secondary N) is 1. The molecule has 0 bridgehead atoms. The first-order chi connectivity index (χ1) is 8.62. The predicted molar refractivity (Wildman–Crippen MR) is 76.3 cm³/mol. The molecule has 0 aromatic heterocycles. The van der Waals surface area contributed by atoms with Crippen LogP contribution in [-0.2, 0) is 6.54 Å². The van der Waals surface area contributed by atoms with Crippen molar-refractivity contribution in [3.8, 4) is 6.07 Å². The van der Waals surface area contributed by atoms with Crippen LogP contribution in [0.5, 0.6) is 0 Å². The summed E-state index contributed by atoms with van der Waals surface area (Å²) < 4.78 is 0. The van der Waals surface area contributed by atoms with Crippen molar-refractivity contribution in [3.05, 3.63) is 34.9 Å². The first kappa shape index (κ1) is 14.7. The molecule has 0 fully saturated rings. The summed E-state index contributed by atoms with van der Waals surface area (Å²) in [7, 11) is 0. The maximum atomic E-state index is 8.84. The molecule has 1 atom stereocenters. The van der Waals surface area contributed by atoms with Crippen LogP contribution in [0.2, 0.25) is 0 Å². The highest BCUT2D eigenvalue weighted by Crippen LogP contribution is 2.15. The van der Waals surface area contributed by atoms with E-state index >= 15 is 0 Å². The number of rotatable bonds is 6. The largest absolute Gasteiger partial charge is 0.310 e. The Hall–Kier alpha value is -1.33. The van der Waals surface area contributed by atoms with Crippen molar-refractivity contribution in [2.75, 3.05) is 0 Å². The van der Waals surface area contributed by atoms with Crippen LogP contribution >= 0.6 is 0 Å². The minimum absolute atomic E-state index is 0.537. The summed E-state index contributed by atoms with van der Waals surface area (Å²) in [6.07, 6.45) is 2.44. The van der Waals surface area contributed by atoms with Crippen molar-refractivity contribution in [1.82, 2.24) is 5.32 Å². The zero-order valence-corrected chi connectivity index (χ0v) is 12.0. The van der Waals surface area contributed by atoms with Crippen LogP contribution in [-0.4, -0.2) is 6.04 Å². The first-order valence-corrected chi connectivity index (χ1v) is 6.85. The Morgan fingerprint density at radius 3 is 2.44 bits per heavy atom. The smallest absolute Gasteiger partial charge is 0.0991 e. The monoisotopic (exact) mass is 244 g/mol. The number of hydrogen-bond donors (Lipinski definition) is 1. The van der Waals surface area contributed by atoms with E-state index in [-0.39, 0.29) is 0 Å². The second kappa shape index (κ2) is 7.18. The minimum Gasteiger partial charge on any atom is -0.310 e. The van der Waals surface area contributed by atoms with Crippen LogP contribution in [0.1, 0.15) is 50.3 Å². The van der Waals surface area contributed by atoms with E-state index in [1.54, 1.807) is 0 Å². The fourth-order valence-corrected chi connectivity index (χ4v) is 2.40. The molecule has 0 heterocycles. The van der Waals surface area contributed by atoms with Crippen molar-refractivity contribution >= 4 is 0 Å². The fraction of sp³-hybridized carbons (Fsp3) is 0.562. The van der Waals surface area contributed by atoms with E-state index in [9.17, 15) is 0 Å². The van der Waals surface area contributed by atoms with Crippen LogP contribution in [0.4, 0.5) is 0 Å². The molecule has 1 N–H and O–H groups in total. The van der Waals surface area contributed by atoms with Gasteiger partial charge in [-0.3, -0.25) is 0 Å². The number of nitrogens with zero attached hydrogens (tertiary/aromatic N) is 1. The first-order valence-electron chi connectivity index (χ1n) is 6.85. The molecular formula is C16H24N2. The third kappa shape index (κ3) is 3.85. The zero-order chi connectivity index (χ0) is 13.5. The highest BCUT2D eigenvalue weighted by atomic mass is 14.9. The Bertz CT molecular complexity index is 414. The van der Waals surface area contributed by atoms with Crippen LogP contribution < -0.4 is 5.32 Å². The molecule has 1 unspecified atom stereocenters. The summed E-state index contributed by atoms with van der Waals surface area (Å²) >= 11 is 0. The Morgan fingerprint density at radius 2 is 1.94 bits per heavy atom. The van der Waals surface area contributed by atoms with E-state index in [1.165, 1.54) is 24.0 Å². The van der Waals surface area contributed by atoms with Crippen molar-refractivity contribution in [1.29, 1.82) is 5.26 Å². The average Bonchev–Trinajstić information content (AvgIpc) is 2.38. The van der Waals surface area contributed by atoms with E-state index < -0.39 is 0 Å². The summed E-state index contributed by atoms with van der Waals surface area (Å²) in [6.45, 7) is 9.71. The second-order valence-electron chi connectivity index (χ2n) is 5.00. The van der Waals surface area contributed by atoms with Crippen LogP contribution in [0.25, 0.3) is 0 Å². The summed E-state index contributed by atoms with van der Waals surface area (Å²) in [6, 6.07) is 8.62. The van der Waals surface area contributed by atoms with Gasteiger partial charge in [0.2, 0.25) is 0 Å². The van der Waals surface area contributed by atoms with E-state index in [1.807, 2.05) is 12.1 Å². The van der Waals surface area contributed by atoms with Gasteiger partial charge >= 0.3 is 0 Å². The van der Waals surface area contributed by atoms with Gasteiger partial charge in [-0.25, -0.2) is 0 Å². The minimum atomic E-state index is 0.537. The molecule has 0 aliphatic heterocycles. The third-order valence-corrected chi connectivity index (χ3v) is 3.84. The normalized spacial score (nSPS) is 12.4. The zero-order valence-electron chi connectivity index (χ0n) is 12.0. The van der Waals surface area contributed by atoms with Gasteiger partial charge in [0, 0.05) is 12.6 Å². The Balaban J connectivity index is 2.61. The molecule has 98 valence electrons. The topological polar surface area (TPSA) is 35.8 Å². The molecule has 1 aromatic rings. The van der Waals surface area contributed by atoms with Gasteiger partial charge in [0.15, 0.2) is 0 Å². The van der Waals surface area contributed by atoms with E-state index in [0.717, 1.165) is 18.0 Å². The lowest BCUT2D eigenvalue weighted by Gasteiger charge is -2.23. The average molecular weight is 244 g/mol. The number of nitriles is 1. The van der Waals surface area contributed by atoms with Gasteiger partial charge in [-0.05, 0) is 43.0 Å². The van der Waals surface area contributed by atoms with Crippen LogP contribution in [0, 0.1) is 24.2 Å². The predicted octanol–water partition coefficient (Wildman–Crippen LogP) is 3.78. The highest BCUT2D eigenvalue weighted by Gasteiger charge is 2.12. The lowest BCUT2D eigenvalue weighted by Crippen LogP contribution is -2.32. The number of aryl methyl sites for hydroxylation is 1. The van der Waals surface area contributed by atoms with Crippen molar-refractivity contribution in [3.63, 3.8) is 0 Å². The van der Waals surface area contributed by atoms with Gasteiger partial charge < -0.3 is 5.32 Å². The summed E-state index contributed by atoms with van der Waals surface area (Å²) in [5.74, 6) is 0.740. The molecule has 0 aliphatic carbocycles. The van der Waals surface area contributed by atoms with E-state index in [0.29, 0.717) is 6.04 Å². The number of hydrogen-bond acceptors (Lipinski definition) is 2. The van der Waals surface area contributed by atoms with Gasteiger partial charge in [0.25, 0.3) is 0 Å². The fourth-order valence-electron chi connectivity index (χ4n) is 2.40. The van der Waals surface area contributed by atoms with Crippen molar-refractivity contribution < 1.29 is 0 Å². The van der Waals surface area contributed by atoms with E-state index in [4.69, 9.17) is 5.26 Å². The Morgan fingerprint density at radius 1 is 1.28 bits per heavy atom. The highest BCUT2D eigenvalue weighted by molar-refractivity contribution is 5.37. The molecular weight excluding hydrogens is 220 g/mol. The van der Waals surface area contributed by atoms with Crippen molar-refractivity contribution in [2.45, 2.75) is 53.1 Å². The molecule has 1 rings (SSSR count). The molecule has 0 amide bonds. The maximum Gasteiger partial charge on any atom is 0.0991 e. The van der Waals surface area contributed by atoms with E-state index in [2.05, 4.69) is 45.1 Å². The van der Waals surface area contributed by atoms with Gasteiger partial charge in [-0.1, -0.05) is 32.8 Å². The quantitative estimate of drug-likeness (QED) is 0.826. The second-order valence-corrected chi connectivity index (χ2v) is 5.00. The molecule has 18 heavy (non-hydrogen) atoms. The molecule has 0 aliphatic rings. The van der Waals surface area contributed by atoms with Crippen LogP contribution in [0.15, 0.2) is 18.2 Å².